The molecule has 1 saturated carbocycles. The number of amides is 1. The Kier molecular flexibility index (Phi) is 4.92. The van der Waals surface area contributed by atoms with Crippen LogP contribution in [0.3, 0.4) is 0 Å². The van der Waals surface area contributed by atoms with Crippen LogP contribution in [0.2, 0.25) is 0 Å². The zero-order chi connectivity index (χ0) is 13.6. The van der Waals surface area contributed by atoms with E-state index in [2.05, 4.69) is 26.1 Å². The number of nitrogens with zero attached hydrogens (tertiary/aromatic N) is 1. The van der Waals surface area contributed by atoms with Crippen molar-refractivity contribution in [3.63, 3.8) is 0 Å². The number of methoxy groups -OCH3 is 1. The summed E-state index contributed by atoms with van der Waals surface area (Å²) in [4.78, 5) is 14.4. The van der Waals surface area contributed by atoms with E-state index in [0.717, 1.165) is 25.9 Å². The van der Waals surface area contributed by atoms with Gasteiger partial charge in [0.1, 0.15) is 0 Å². The minimum atomic E-state index is -0.111. The Balaban J connectivity index is 0.00000180. The highest BCUT2D eigenvalue weighted by Crippen LogP contribution is 2.53. The van der Waals surface area contributed by atoms with Crippen molar-refractivity contribution < 1.29 is 9.53 Å². The molecule has 0 bridgehead atoms. The third-order valence-electron chi connectivity index (χ3n) is 5.45. The molecular formula is C14H27ClN2O2. The molecule has 0 spiro atoms. The van der Waals surface area contributed by atoms with Crippen LogP contribution in [0, 0.1) is 11.3 Å². The van der Waals surface area contributed by atoms with Crippen LogP contribution in [-0.4, -0.2) is 49.7 Å². The standard InChI is InChI=1S/C14H26N2O2.ClH/c1-13(2)11(8-14(13,3)18-5)16(4)12(17)10-6-7-15-9-10;/h10-11,15H,6-9H2,1-5H3;1H. The summed E-state index contributed by atoms with van der Waals surface area (Å²) in [6, 6.07) is 0.288. The van der Waals surface area contributed by atoms with Crippen LogP contribution in [0.25, 0.3) is 0 Å². The van der Waals surface area contributed by atoms with Crippen LogP contribution in [-0.2, 0) is 9.53 Å². The van der Waals surface area contributed by atoms with Crippen molar-refractivity contribution in [2.75, 3.05) is 27.2 Å². The summed E-state index contributed by atoms with van der Waals surface area (Å²) in [5, 5.41) is 3.26. The largest absolute Gasteiger partial charge is 0.378 e. The topological polar surface area (TPSA) is 41.6 Å². The van der Waals surface area contributed by atoms with Gasteiger partial charge in [0.25, 0.3) is 0 Å². The molecule has 1 N–H and O–H groups in total. The molecule has 0 radical (unpaired) electrons. The lowest BCUT2D eigenvalue weighted by atomic mass is 9.55. The molecule has 19 heavy (non-hydrogen) atoms. The van der Waals surface area contributed by atoms with Gasteiger partial charge in [0.15, 0.2) is 0 Å². The molecule has 1 saturated heterocycles. The lowest BCUT2D eigenvalue weighted by Gasteiger charge is -2.61. The van der Waals surface area contributed by atoms with Gasteiger partial charge in [0, 0.05) is 32.2 Å². The molecule has 3 atom stereocenters. The van der Waals surface area contributed by atoms with Crippen molar-refractivity contribution in [2.24, 2.45) is 11.3 Å². The lowest BCUT2D eigenvalue weighted by molar-refractivity contribution is -0.208. The second-order valence-electron chi connectivity index (χ2n) is 6.52. The Morgan fingerprint density at radius 3 is 2.42 bits per heavy atom. The van der Waals surface area contributed by atoms with Crippen LogP contribution in [0.5, 0.6) is 0 Å². The van der Waals surface area contributed by atoms with Crippen LogP contribution < -0.4 is 5.32 Å². The average molecular weight is 291 g/mol. The van der Waals surface area contributed by atoms with Crippen molar-refractivity contribution in [2.45, 2.75) is 45.3 Å². The van der Waals surface area contributed by atoms with E-state index in [-0.39, 0.29) is 41.3 Å². The summed E-state index contributed by atoms with van der Waals surface area (Å²) in [5.74, 6) is 0.455. The summed E-state index contributed by atoms with van der Waals surface area (Å²) < 4.78 is 5.62. The number of nitrogens with one attached hydrogen (secondary N) is 1. The highest BCUT2D eigenvalue weighted by atomic mass is 35.5. The van der Waals surface area contributed by atoms with Gasteiger partial charge in [-0.05, 0) is 26.3 Å². The number of hydrogen-bond acceptors (Lipinski definition) is 3. The summed E-state index contributed by atoms with van der Waals surface area (Å²) in [6.07, 6.45) is 1.90. The maximum Gasteiger partial charge on any atom is 0.227 e. The molecule has 2 fully saturated rings. The van der Waals surface area contributed by atoms with Gasteiger partial charge in [0.05, 0.1) is 11.5 Å². The van der Waals surface area contributed by atoms with Crippen molar-refractivity contribution >= 4 is 18.3 Å². The highest BCUT2D eigenvalue weighted by Gasteiger charge is 2.60. The van der Waals surface area contributed by atoms with Crippen molar-refractivity contribution in [3.05, 3.63) is 0 Å². The summed E-state index contributed by atoms with van der Waals surface area (Å²) in [7, 11) is 3.71. The summed E-state index contributed by atoms with van der Waals surface area (Å²) in [6.45, 7) is 8.33. The smallest absolute Gasteiger partial charge is 0.227 e. The number of carbonyl (C=O) groups is 1. The Labute approximate surface area is 122 Å². The first-order valence-corrected chi connectivity index (χ1v) is 6.86. The van der Waals surface area contributed by atoms with Gasteiger partial charge in [-0.2, -0.15) is 0 Å². The van der Waals surface area contributed by atoms with E-state index in [1.54, 1.807) is 7.11 Å². The SMILES string of the molecule is COC1(C)CC(N(C)C(=O)C2CCNC2)C1(C)C.Cl. The molecule has 3 unspecified atom stereocenters. The van der Waals surface area contributed by atoms with Gasteiger partial charge in [0.2, 0.25) is 5.91 Å². The van der Waals surface area contributed by atoms with E-state index >= 15 is 0 Å². The second kappa shape index (κ2) is 5.58. The van der Waals surface area contributed by atoms with E-state index < -0.39 is 0 Å². The fourth-order valence-corrected chi connectivity index (χ4v) is 3.38. The van der Waals surface area contributed by atoms with Crippen LogP contribution >= 0.6 is 12.4 Å². The molecule has 4 nitrogen and oxygen atoms in total. The Morgan fingerprint density at radius 1 is 1.37 bits per heavy atom. The minimum absolute atomic E-state index is 0. The van der Waals surface area contributed by atoms with Crippen molar-refractivity contribution in [1.82, 2.24) is 10.2 Å². The number of rotatable bonds is 3. The van der Waals surface area contributed by atoms with E-state index in [9.17, 15) is 4.79 Å². The van der Waals surface area contributed by atoms with Gasteiger partial charge in [-0.1, -0.05) is 13.8 Å². The van der Waals surface area contributed by atoms with Gasteiger partial charge >= 0.3 is 0 Å². The third kappa shape index (κ3) is 2.50. The zero-order valence-corrected chi connectivity index (χ0v) is 13.5. The molecule has 112 valence electrons. The highest BCUT2D eigenvalue weighted by molar-refractivity contribution is 5.85. The number of hydrogen-bond donors (Lipinski definition) is 1. The first-order valence-electron chi connectivity index (χ1n) is 6.86. The molecule has 2 aliphatic rings. The second-order valence-corrected chi connectivity index (χ2v) is 6.52. The predicted molar refractivity (Wildman–Crippen MR) is 78.6 cm³/mol. The minimum Gasteiger partial charge on any atom is -0.378 e. The number of ether oxygens (including phenoxy) is 1. The van der Waals surface area contributed by atoms with E-state index in [1.807, 2.05) is 11.9 Å². The Hall–Kier alpha value is -0.320. The Morgan fingerprint density at radius 2 is 2.00 bits per heavy atom. The number of halogens is 1. The first kappa shape index (κ1) is 16.7. The van der Waals surface area contributed by atoms with Crippen LogP contribution in [0.15, 0.2) is 0 Å². The normalized spacial score (nSPS) is 36.3. The molecule has 1 aliphatic carbocycles. The van der Waals surface area contributed by atoms with Gasteiger partial charge < -0.3 is 15.0 Å². The summed E-state index contributed by atoms with van der Waals surface area (Å²) >= 11 is 0. The average Bonchev–Trinajstić information content (AvgIpc) is 2.87. The molecule has 1 heterocycles. The third-order valence-corrected chi connectivity index (χ3v) is 5.45. The maximum atomic E-state index is 12.4. The molecule has 0 aromatic heterocycles. The van der Waals surface area contributed by atoms with E-state index in [0.29, 0.717) is 0 Å². The van der Waals surface area contributed by atoms with E-state index in [1.165, 1.54) is 0 Å². The lowest BCUT2D eigenvalue weighted by Crippen LogP contribution is -2.69. The molecule has 0 aromatic carbocycles. The van der Waals surface area contributed by atoms with Gasteiger partial charge in [-0.15, -0.1) is 12.4 Å². The Bertz CT molecular complexity index is 342. The molecule has 1 aliphatic heterocycles. The monoisotopic (exact) mass is 290 g/mol. The molecule has 2 rings (SSSR count). The molecule has 5 heteroatoms. The van der Waals surface area contributed by atoms with E-state index in [4.69, 9.17) is 4.74 Å². The summed E-state index contributed by atoms with van der Waals surface area (Å²) in [5.41, 5.74) is -0.0989. The number of carbonyl (C=O) groups excluding carboxylic acids is 1. The maximum absolute atomic E-state index is 12.4. The zero-order valence-electron chi connectivity index (χ0n) is 12.7. The fourth-order valence-electron chi connectivity index (χ4n) is 3.38. The quantitative estimate of drug-likeness (QED) is 0.860. The van der Waals surface area contributed by atoms with Gasteiger partial charge in [-0.3, -0.25) is 4.79 Å². The fraction of sp³-hybridized carbons (Fsp3) is 0.929. The molecule has 1 amide bonds. The first-order chi connectivity index (χ1) is 8.33. The van der Waals surface area contributed by atoms with Crippen LogP contribution in [0.4, 0.5) is 0 Å². The van der Waals surface area contributed by atoms with Crippen molar-refractivity contribution in [3.8, 4) is 0 Å². The van der Waals surface area contributed by atoms with Crippen LogP contribution in [0.1, 0.15) is 33.6 Å². The molecule has 0 aromatic rings. The predicted octanol–water partition coefficient (Wildman–Crippen LogP) is 1.68. The van der Waals surface area contributed by atoms with Gasteiger partial charge in [-0.25, -0.2) is 0 Å². The van der Waals surface area contributed by atoms with Crippen molar-refractivity contribution in [1.29, 1.82) is 0 Å². The molecular weight excluding hydrogens is 264 g/mol.